The zero-order valence-corrected chi connectivity index (χ0v) is 11.6. The summed E-state index contributed by atoms with van der Waals surface area (Å²) in [6.45, 7) is 3.30. The summed E-state index contributed by atoms with van der Waals surface area (Å²) >= 11 is 3.44. The van der Waals surface area contributed by atoms with Crippen molar-refractivity contribution in [2.24, 2.45) is 11.8 Å². The van der Waals surface area contributed by atoms with Crippen molar-refractivity contribution in [1.82, 2.24) is 0 Å². The zero-order valence-electron chi connectivity index (χ0n) is 10.0. The van der Waals surface area contributed by atoms with Crippen molar-refractivity contribution < 1.29 is 0 Å². The van der Waals surface area contributed by atoms with Crippen molar-refractivity contribution in [2.45, 2.75) is 26.2 Å². The molecule has 0 spiro atoms. The van der Waals surface area contributed by atoms with Crippen molar-refractivity contribution >= 4 is 21.6 Å². The highest BCUT2D eigenvalue weighted by Crippen LogP contribution is 2.31. The first-order valence-corrected chi connectivity index (χ1v) is 6.93. The van der Waals surface area contributed by atoms with E-state index in [1.54, 1.807) is 0 Å². The predicted octanol–water partition coefficient (Wildman–Crippen LogP) is 4.17. The van der Waals surface area contributed by atoms with E-state index in [9.17, 15) is 0 Å². The van der Waals surface area contributed by atoms with Crippen molar-refractivity contribution in [2.75, 3.05) is 11.9 Å². The number of nitriles is 1. The van der Waals surface area contributed by atoms with Crippen molar-refractivity contribution in [3.05, 3.63) is 28.2 Å². The van der Waals surface area contributed by atoms with Crippen LogP contribution in [0.15, 0.2) is 22.7 Å². The monoisotopic (exact) mass is 292 g/mol. The molecule has 1 fully saturated rings. The summed E-state index contributed by atoms with van der Waals surface area (Å²) in [6, 6.07) is 7.97. The normalized spacial score (nSPS) is 23.4. The van der Waals surface area contributed by atoms with Gasteiger partial charge in [-0.3, -0.25) is 0 Å². The Morgan fingerprint density at radius 2 is 2.29 bits per heavy atom. The molecule has 1 saturated carbocycles. The highest BCUT2D eigenvalue weighted by Gasteiger charge is 2.23. The first kappa shape index (κ1) is 12.4. The summed E-state index contributed by atoms with van der Waals surface area (Å²) in [7, 11) is 0. The van der Waals surface area contributed by atoms with Crippen molar-refractivity contribution in [1.29, 1.82) is 5.26 Å². The van der Waals surface area contributed by atoms with Crippen LogP contribution < -0.4 is 5.32 Å². The molecule has 3 heteroatoms. The Kier molecular flexibility index (Phi) is 4.06. The topological polar surface area (TPSA) is 35.8 Å². The predicted molar refractivity (Wildman–Crippen MR) is 73.9 cm³/mol. The summed E-state index contributed by atoms with van der Waals surface area (Å²) < 4.78 is 1.01. The molecule has 0 amide bonds. The number of rotatable bonds is 3. The summed E-state index contributed by atoms with van der Waals surface area (Å²) in [5.41, 5.74) is 1.67. The van der Waals surface area contributed by atoms with Crippen LogP contribution in [0, 0.1) is 23.2 Å². The number of hydrogen-bond acceptors (Lipinski definition) is 2. The highest BCUT2D eigenvalue weighted by molar-refractivity contribution is 9.10. The fraction of sp³-hybridized carbons (Fsp3) is 0.500. The summed E-state index contributed by atoms with van der Waals surface area (Å²) in [5.74, 6) is 1.56. The summed E-state index contributed by atoms with van der Waals surface area (Å²) in [4.78, 5) is 0. The lowest BCUT2D eigenvalue weighted by Gasteiger charge is -2.17. The van der Waals surface area contributed by atoms with Crippen LogP contribution in [0.2, 0.25) is 0 Å². The van der Waals surface area contributed by atoms with E-state index in [1.165, 1.54) is 19.3 Å². The fourth-order valence-electron chi connectivity index (χ4n) is 2.53. The van der Waals surface area contributed by atoms with Gasteiger partial charge in [-0.15, -0.1) is 0 Å². The van der Waals surface area contributed by atoms with Gasteiger partial charge in [-0.1, -0.05) is 35.7 Å². The number of nitrogens with one attached hydrogen (secondary N) is 1. The lowest BCUT2D eigenvalue weighted by atomic mass is 9.98. The molecule has 2 atom stereocenters. The molecule has 0 aliphatic heterocycles. The molecule has 1 aliphatic carbocycles. The van der Waals surface area contributed by atoms with Crippen LogP contribution in [-0.2, 0) is 0 Å². The molecule has 2 unspecified atom stereocenters. The third-order valence-corrected chi connectivity index (χ3v) is 4.19. The molecular weight excluding hydrogens is 276 g/mol. The molecular formula is C14H17BrN2. The third kappa shape index (κ3) is 3.01. The Morgan fingerprint density at radius 3 is 2.94 bits per heavy atom. The first-order valence-electron chi connectivity index (χ1n) is 6.14. The van der Waals surface area contributed by atoms with Gasteiger partial charge in [-0.2, -0.15) is 5.26 Å². The number of halogens is 1. The van der Waals surface area contributed by atoms with Crippen LogP contribution >= 0.6 is 15.9 Å². The van der Waals surface area contributed by atoms with Crippen LogP contribution in [0.4, 0.5) is 5.69 Å². The van der Waals surface area contributed by atoms with E-state index in [-0.39, 0.29) is 0 Å². The Bertz CT molecular complexity index is 436. The zero-order chi connectivity index (χ0) is 12.3. The van der Waals surface area contributed by atoms with Gasteiger partial charge in [0.15, 0.2) is 0 Å². The molecule has 1 aliphatic rings. The summed E-state index contributed by atoms with van der Waals surface area (Å²) in [5, 5.41) is 12.5. The van der Waals surface area contributed by atoms with Crippen LogP contribution in [0.5, 0.6) is 0 Å². The Balaban J connectivity index is 2.03. The molecule has 0 bridgehead atoms. The van der Waals surface area contributed by atoms with Gasteiger partial charge < -0.3 is 5.32 Å². The number of hydrogen-bond donors (Lipinski definition) is 1. The third-order valence-electron chi connectivity index (χ3n) is 3.70. The van der Waals surface area contributed by atoms with Crippen molar-refractivity contribution in [3.8, 4) is 6.07 Å². The van der Waals surface area contributed by atoms with E-state index in [0.29, 0.717) is 0 Å². The number of nitrogens with zero attached hydrogens (tertiary/aromatic N) is 1. The van der Waals surface area contributed by atoms with E-state index in [2.05, 4.69) is 34.2 Å². The van der Waals surface area contributed by atoms with E-state index in [1.807, 2.05) is 18.2 Å². The fourth-order valence-corrected chi connectivity index (χ4v) is 2.89. The molecule has 1 aromatic rings. The first-order chi connectivity index (χ1) is 8.20. The van der Waals surface area contributed by atoms with Gasteiger partial charge in [0.1, 0.15) is 6.07 Å². The molecule has 2 rings (SSSR count). The quantitative estimate of drug-likeness (QED) is 0.908. The van der Waals surface area contributed by atoms with Gasteiger partial charge in [0.25, 0.3) is 0 Å². The minimum Gasteiger partial charge on any atom is -0.384 e. The van der Waals surface area contributed by atoms with E-state index < -0.39 is 0 Å². The smallest absolute Gasteiger partial charge is 0.101 e. The molecule has 0 heterocycles. The van der Waals surface area contributed by atoms with Gasteiger partial charge in [0, 0.05) is 11.0 Å². The van der Waals surface area contributed by atoms with Gasteiger partial charge in [0.2, 0.25) is 0 Å². The van der Waals surface area contributed by atoms with Crippen LogP contribution in [0.1, 0.15) is 31.7 Å². The minimum atomic E-state index is 0.721. The van der Waals surface area contributed by atoms with E-state index in [4.69, 9.17) is 5.26 Å². The minimum absolute atomic E-state index is 0.721. The standard InChI is InChI=1S/C14H17BrN2/c1-10-3-2-4-12(10)9-17-14-7-13(15)6-5-11(14)8-16/h5-7,10,12,17H,2-4,9H2,1H3. The van der Waals surface area contributed by atoms with Gasteiger partial charge in [-0.05, 0) is 36.5 Å². The van der Waals surface area contributed by atoms with Gasteiger partial charge in [-0.25, -0.2) is 0 Å². The maximum atomic E-state index is 9.05. The molecule has 1 aromatic carbocycles. The molecule has 0 aromatic heterocycles. The van der Waals surface area contributed by atoms with E-state index >= 15 is 0 Å². The van der Waals surface area contributed by atoms with E-state index in [0.717, 1.165) is 34.1 Å². The van der Waals surface area contributed by atoms with Gasteiger partial charge >= 0.3 is 0 Å². The summed E-state index contributed by atoms with van der Waals surface area (Å²) in [6.07, 6.45) is 4.00. The highest BCUT2D eigenvalue weighted by atomic mass is 79.9. The Morgan fingerprint density at radius 1 is 1.47 bits per heavy atom. The molecule has 17 heavy (non-hydrogen) atoms. The lowest BCUT2D eigenvalue weighted by Crippen LogP contribution is -2.16. The van der Waals surface area contributed by atoms with Crippen LogP contribution in [0.25, 0.3) is 0 Å². The maximum absolute atomic E-state index is 9.05. The second-order valence-corrected chi connectivity index (χ2v) is 5.77. The number of anilines is 1. The molecule has 0 radical (unpaired) electrons. The second kappa shape index (κ2) is 5.55. The average molecular weight is 293 g/mol. The lowest BCUT2D eigenvalue weighted by molar-refractivity contribution is 0.439. The molecule has 0 saturated heterocycles. The second-order valence-electron chi connectivity index (χ2n) is 4.85. The van der Waals surface area contributed by atoms with Gasteiger partial charge in [0.05, 0.1) is 11.3 Å². The van der Waals surface area contributed by atoms with Crippen LogP contribution in [0.3, 0.4) is 0 Å². The average Bonchev–Trinajstić information content (AvgIpc) is 2.72. The Hall–Kier alpha value is -1.01. The molecule has 2 nitrogen and oxygen atoms in total. The Labute approximate surface area is 111 Å². The molecule has 1 N–H and O–H groups in total. The SMILES string of the molecule is CC1CCCC1CNc1cc(Br)ccc1C#N. The number of benzene rings is 1. The maximum Gasteiger partial charge on any atom is 0.101 e. The van der Waals surface area contributed by atoms with Crippen LogP contribution in [-0.4, -0.2) is 6.54 Å². The molecule has 90 valence electrons. The largest absolute Gasteiger partial charge is 0.384 e. The van der Waals surface area contributed by atoms with Crippen molar-refractivity contribution in [3.63, 3.8) is 0 Å².